The fourth-order valence-corrected chi connectivity index (χ4v) is 2.86. The zero-order chi connectivity index (χ0) is 16.2. The molecule has 0 radical (unpaired) electrons. The van der Waals surface area contributed by atoms with Crippen LogP contribution in [0.3, 0.4) is 0 Å². The number of pyridine rings is 1. The van der Waals surface area contributed by atoms with Crippen molar-refractivity contribution >= 4 is 10.0 Å². The van der Waals surface area contributed by atoms with Gasteiger partial charge in [-0.3, -0.25) is 4.98 Å². The third kappa shape index (κ3) is 4.15. The van der Waals surface area contributed by atoms with E-state index in [2.05, 4.69) is 9.71 Å². The minimum atomic E-state index is -3.21. The standard InChI is InChI=1S/C17H22N2O2S/c1-13(2)22(20,21)19-12-14(3)15-7-9-16(10-8-15)17-6-4-5-11-18-17/h4-11,13-14,19H,12H2,1-3H3. The van der Waals surface area contributed by atoms with Gasteiger partial charge < -0.3 is 0 Å². The van der Waals surface area contributed by atoms with Crippen LogP contribution in [0.5, 0.6) is 0 Å². The van der Waals surface area contributed by atoms with Crippen LogP contribution < -0.4 is 4.72 Å². The fourth-order valence-electron chi connectivity index (χ4n) is 2.04. The molecule has 0 aliphatic rings. The summed E-state index contributed by atoms with van der Waals surface area (Å²) in [6.07, 6.45) is 1.77. The largest absolute Gasteiger partial charge is 0.256 e. The van der Waals surface area contributed by atoms with Crippen LogP contribution in [-0.2, 0) is 10.0 Å². The summed E-state index contributed by atoms with van der Waals surface area (Å²) in [5.74, 6) is 0.117. The van der Waals surface area contributed by atoms with Crippen molar-refractivity contribution in [3.63, 3.8) is 0 Å². The summed E-state index contributed by atoms with van der Waals surface area (Å²) in [7, 11) is -3.21. The molecule has 1 atom stereocenters. The molecule has 0 bridgehead atoms. The van der Waals surface area contributed by atoms with E-state index < -0.39 is 15.3 Å². The molecular weight excluding hydrogens is 296 g/mol. The lowest BCUT2D eigenvalue weighted by molar-refractivity contribution is 0.566. The summed E-state index contributed by atoms with van der Waals surface area (Å²) in [6, 6.07) is 13.9. The highest BCUT2D eigenvalue weighted by molar-refractivity contribution is 7.90. The van der Waals surface area contributed by atoms with Gasteiger partial charge in [-0.15, -0.1) is 0 Å². The van der Waals surface area contributed by atoms with Gasteiger partial charge in [0.25, 0.3) is 0 Å². The topological polar surface area (TPSA) is 59.1 Å². The van der Waals surface area contributed by atoms with Crippen LogP contribution in [0.2, 0.25) is 0 Å². The van der Waals surface area contributed by atoms with Crippen LogP contribution in [0.25, 0.3) is 11.3 Å². The zero-order valence-corrected chi connectivity index (χ0v) is 14.0. The van der Waals surface area contributed by atoms with Crippen LogP contribution in [0.15, 0.2) is 48.7 Å². The van der Waals surface area contributed by atoms with Crippen molar-refractivity contribution in [1.29, 1.82) is 0 Å². The van der Waals surface area contributed by atoms with Crippen LogP contribution in [-0.4, -0.2) is 25.2 Å². The highest BCUT2D eigenvalue weighted by Crippen LogP contribution is 2.21. The van der Waals surface area contributed by atoms with Gasteiger partial charge in [0, 0.05) is 18.3 Å². The molecule has 0 aliphatic carbocycles. The second-order valence-corrected chi connectivity index (χ2v) is 8.00. The Bertz CT molecular complexity index is 695. The molecule has 1 heterocycles. The number of sulfonamides is 1. The Morgan fingerprint density at radius 2 is 1.73 bits per heavy atom. The monoisotopic (exact) mass is 318 g/mol. The van der Waals surface area contributed by atoms with Gasteiger partial charge >= 0.3 is 0 Å². The molecule has 4 nitrogen and oxygen atoms in total. The Morgan fingerprint density at radius 1 is 1.05 bits per heavy atom. The quantitative estimate of drug-likeness (QED) is 0.890. The van der Waals surface area contributed by atoms with E-state index in [0.29, 0.717) is 6.54 Å². The van der Waals surface area contributed by atoms with Crippen molar-refractivity contribution < 1.29 is 8.42 Å². The van der Waals surface area contributed by atoms with Crippen molar-refractivity contribution in [2.75, 3.05) is 6.54 Å². The number of hydrogen-bond donors (Lipinski definition) is 1. The number of rotatable bonds is 6. The third-order valence-electron chi connectivity index (χ3n) is 3.65. The molecule has 0 saturated heterocycles. The molecule has 5 heteroatoms. The maximum atomic E-state index is 11.8. The summed E-state index contributed by atoms with van der Waals surface area (Å²) < 4.78 is 26.2. The van der Waals surface area contributed by atoms with Gasteiger partial charge in [0.15, 0.2) is 0 Å². The molecule has 0 amide bonds. The lowest BCUT2D eigenvalue weighted by Gasteiger charge is -2.15. The minimum absolute atomic E-state index is 0.117. The van der Waals surface area contributed by atoms with Gasteiger partial charge in [-0.1, -0.05) is 37.3 Å². The van der Waals surface area contributed by atoms with E-state index in [-0.39, 0.29) is 5.92 Å². The second-order valence-electron chi connectivity index (χ2n) is 5.68. The summed E-state index contributed by atoms with van der Waals surface area (Å²) in [6.45, 7) is 5.77. The van der Waals surface area contributed by atoms with Crippen molar-refractivity contribution in [2.45, 2.75) is 31.9 Å². The summed E-state index contributed by atoms with van der Waals surface area (Å²) in [4.78, 5) is 4.32. The summed E-state index contributed by atoms with van der Waals surface area (Å²) in [5.41, 5.74) is 3.09. The lowest BCUT2D eigenvalue weighted by Crippen LogP contribution is -2.33. The molecule has 1 aromatic carbocycles. The van der Waals surface area contributed by atoms with Gasteiger partial charge in [-0.05, 0) is 37.5 Å². The number of hydrogen-bond acceptors (Lipinski definition) is 3. The van der Waals surface area contributed by atoms with Crippen LogP contribution in [0.4, 0.5) is 0 Å². The van der Waals surface area contributed by atoms with Crippen molar-refractivity contribution in [1.82, 2.24) is 9.71 Å². The SMILES string of the molecule is CC(CNS(=O)(=O)C(C)C)c1ccc(-c2ccccn2)cc1. The van der Waals surface area contributed by atoms with Crippen LogP contribution in [0, 0.1) is 0 Å². The predicted octanol–water partition coefficient (Wildman–Crippen LogP) is 3.18. The van der Waals surface area contributed by atoms with E-state index in [0.717, 1.165) is 16.8 Å². The molecule has 0 aliphatic heterocycles. The van der Waals surface area contributed by atoms with Gasteiger partial charge in [0.1, 0.15) is 0 Å². The van der Waals surface area contributed by atoms with Gasteiger partial charge in [-0.2, -0.15) is 0 Å². The smallest absolute Gasteiger partial charge is 0.213 e. The highest BCUT2D eigenvalue weighted by atomic mass is 32.2. The molecule has 1 N–H and O–H groups in total. The van der Waals surface area contributed by atoms with Crippen molar-refractivity contribution in [3.8, 4) is 11.3 Å². The van der Waals surface area contributed by atoms with E-state index in [1.807, 2.05) is 49.4 Å². The average molecular weight is 318 g/mol. The molecule has 2 rings (SSSR count). The number of nitrogens with one attached hydrogen (secondary N) is 1. The van der Waals surface area contributed by atoms with Crippen LogP contribution >= 0.6 is 0 Å². The molecule has 118 valence electrons. The highest BCUT2D eigenvalue weighted by Gasteiger charge is 2.17. The van der Waals surface area contributed by atoms with E-state index >= 15 is 0 Å². The number of nitrogens with zero attached hydrogens (tertiary/aromatic N) is 1. The van der Waals surface area contributed by atoms with Crippen LogP contribution in [0.1, 0.15) is 32.3 Å². The lowest BCUT2D eigenvalue weighted by atomic mass is 9.99. The maximum absolute atomic E-state index is 11.8. The molecule has 22 heavy (non-hydrogen) atoms. The Kier molecular flexibility index (Phi) is 5.32. The molecule has 1 aromatic heterocycles. The summed E-state index contributed by atoms with van der Waals surface area (Å²) in [5, 5.41) is -0.411. The maximum Gasteiger partial charge on any atom is 0.213 e. The molecule has 2 aromatic rings. The first-order valence-corrected chi connectivity index (χ1v) is 8.94. The third-order valence-corrected chi connectivity index (χ3v) is 5.46. The normalized spacial score (nSPS) is 13.3. The fraction of sp³-hybridized carbons (Fsp3) is 0.353. The first kappa shape index (κ1) is 16.6. The van der Waals surface area contributed by atoms with E-state index in [1.165, 1.54) is 0 Å². The van der Waals surface area contributed by atoms with E-state index in [1.54, 1.807) is 20.0 Å². The molecule has 0 spiro atoms. The first-order chi connectivity index (χ1) is 10.4. The van der Waals surface area contributed by atoms with Crippen molar-refractivity contribution in [3.05, 3.63) is 54.2 Å². The Morgan fingerprint density at radius 3 is 2.27 bits per heavy atom. The number of aromatic nitrogens is 1. The second kappa shape index (κ2) is 7.03. The Hall–Kier alpha value is -1.72. The van der Waals surface area contributed by atoms with Gasteiger partial charge in [0.05, 0.1) is 10.9 Å². The Labute approximate surface area is 132 Å². The predicted molar refractivity (Wildman–Crippen MR) is 90.1 cm³/mol. The van der Waals surface area contributed by atoms with Gasteiger partial charge in [-0.25, -0.2) is 13.1 Å². The first-order valence-electron chi connectivity index (χ1n) is 7.40. The molecular formula is C17H22N2O2S. The zero-order valence-electron chi connectivity index (χ0n) is 13.2. The molecule has 1 unspecified atom stereocenters. The Balaban J connectivity index is 2.04. The average Bonchev–Trinajstić information content (AvgIpc) is 2.53. The molecule has 0 fully saturated rings. The van der Waals surface area contributed by atoms with E-state index in [9.17, 15) is 8.42 Å². The van der Waals surface area contributed by atoms with Crippen molar-refractivity contribution in [2.24, 2.45) is 0 Å². The molecule has 0 saturated carbocycles. The minimum Gasteiger partial charge on any atom is -0.256 e. The van der Waals surface area contributed by atoms with Gasteiger partial charge in [0.2, 0.25) is 10.0 Å². The summed E-state index contributed by atoms with van der Waals surface area (Å²) >= 11 is 0. The van der Waals surface area contributed by atoms with E-state index in [4.69, 9.17) is 0 Å². The number of benzene rings is 1.